The Hall–Kier alpha value is -2.31. The monoisotopic (exact) mass is 442 g/mol. The molecule has 27 heavy (non-hydrogen) atoms. The lowest BCUT2D eigenvalue weighted by atomic mass is 10.0. The minimum Gasteiger partial charge on any atom is -0.464 e. The van der Waals surface area contributed by atoms with Crippen LogP contribution < -0.4 is 0 Å². The van der Waals surface area contributed by atoms with Gasteiger partial charge in [-0.3, -0.25) is 4.99 Å². The first kappa shape index (κ1) is 19.5. The van der Waals surface area contributed by atoms with Crippen LogP contribution in [-0.2, 0) is 16.0 Å². The molecule has 1 unspecified atom stereocenters. The van der Waals surface area contributed by atoms with Crippen molar-refractivity contribution in [3.8, 4) is 0 Å². The summed E-state index contributed by atoms with van der Waals surface area (Å²) in [6.45, 7) is 2.13. The maximum atomic E-state index is 12.6. The first-order valence-electron chi connectivity index (χ1n) is 8.63. The fourth-order valence-corrected chi connectivity index (χ4v) is 4.05. The number of hydrogen-bond donors (Lipinski definition) is 0. The molecule has 0 saturated carbocycles. The summed E-state index contributed by atoms with van der Waals surface area (Å²) >= 11 is 4.87. The standard InChI is InChI=1S/C21H19BrN2O2S/c1-2-26-20(25)18(13-17-14-23-21(22)27-17)24-19(15-9-5-3-6-10-15)16-11-7-4-8-12-16/h3-12,14,18H,2,13H2,1H3. The number of hydrogen-bond acceptors (Lipinski definition) is 5. The van der Waals surface area contributed by atoms with Crippen molar-refractivity contribution in [3.05, 3.63) is 86.8 Å². The maximum Gasteiger partial charge on any atom is 0.331 e. The molecule has 0 aliphatic heterocycles. The van der Waals surface area contributed by atoms with Crippen LogP contribution in [0.15, 0.2) is 75.8 Å². The molecule has 3 aromatic rings. The molecule has 0 spiro atoms. The Morgan fingerprint density at radius 3 is 2.19 bits per heavy atom. The summed E-state index contributed by atoms with van der Waals surface area (Å²) in [7, 11) is 0. The van der Waals surface area contributed by atoms with Crippen LogP contribution in [0.3, 0.4) is 0 Å². The van der Waals surface area contributed by atoms with Crippen molar-refractivity contribution >= 4 is 38.9 Å². The smallest absolute Gasteiger partial charge is 0.331 e. The lowest BCUT2D eigenvalue weighted by Crippen LogP contribution is -2.25. The molecule has 0 saturated heterocycles. The minimum absolute atomic E-state index is 0.323. The highest BCUT2D eigenvalue weighted by atomic mass is 79.9. The fourth-order valence-electron chi connectivity index (χ4n) is 2.65. The van der Waals surface area contributed by atoms with Crippen LogP contribution in [0.4, 0.5) is 0 Å². The third-order valence-electron chi connectivity index (χ3n) is 3.86. The number of thiazole rings is 1. The second-order valence-corrected chi connectivity index (χ2v) is 8.15. The van der Waals surface area contributed by atoms with Gasteiger partial charge in [-0.2, -0.15) is 0 Å². The Kier molecular flexibility index (Phi) is 6.90. The van der Waals surface area contributed by atoms with E-state index < -0.39 is 6.04 Å². The van der Waals surface area contributed by atoms with E-state index in [2.05, 4.69) is 20.9 Å². The van der Waals surface area contributed by atoms with Gasteiger partial charge in [-0.15, -0.1) is 11.3 Å². The van der Waals surface area contributed by atoms with Crippen LogP contribution in [0.5, 0.6) is 0 Å². The summed E-state index contributed by atoms with van der Waals surface area (Å²) < 4.78 is 6.07. The zero-order valence-electron chi connectivity index (χ0n) is 14.8. The van der Waals surface area contributed by atoms with Crippen molar-refractivity contribution in [3.63, 3.8) is 0 Å². The molecule has 0 N–H and O–H groups in total. The van der Waals surface area contributed by atoms with Gasteiger partial charge in [-0.05, 0) is 22.9 Å². The lowest BCUT2D eigenvalue weighted by molar-refractivity contribution is -0.144. The van der Waals surface area contributed by atoms with Gasteiger partial charge in [0.2, 0.25) is 0 Å². The van der Waals surface area contributed by atoms with Crippen LogP contribution in [0, 0.1) is 0 Å². The summed E-state index contributed by atoms with van der Waals surface area (Å²) in [5.41, 5.74) is 2.70. The Morgan fingerprint density at radius 1 is 1.11 bits per heavy atom. The predicted molar refractivity (Wildman–Crippen MR) is 112 cm³/mol. The van der Waals surface area contributed by atoms with Gasteiger partial charge < -0.3 is 4.74 Å². The first-order chi connectivity index (χ1) is 13.2. The fraction of sp³-hybridized carbons (Fsp3) is 0.190. The normalized spacial score (nSPS) is 11.6. The maximum absolute atomic E-state index is 12.6. The second kappa shape index (κ2) is 9.58. The van der Waals surface area contributed by atoms with E-state index in [0.29, 0.717) is 13.0 Å². The van der Waals surface area contributed by atoms with E-state index in [4.69, 9.17) is 9.73 Å². The first-order valence-corrected chi connectivity index (χ1v) is 10.2. The summed E-state index contributed by atoms with van der Waals surface area (Å²) in [5, 5.41) is 0. The van der Waals surface area contributed by atoms with Gasteiger partial charge in [0, 0.05) is 28.6 Å². The Morgan fingerprint density at radius 2 is 1.70 bits per heavy atom. The SMILES string of the molecule is CCOC(=O)C(Cc1cnc(Br)s1)N=C(c1ccccc1)c1ccccc1. The lowest BCUT2D eigenvalue weighted by Gasteiger charge is -2.14. The molecule has 0 amide bonds. The number of aliphatic imine (C=N–C) groups is 1. The number of halogens is 1. The Labute approximate surface area is 171 Å². The van der Waals surface area contributed by atoms with Gasteiger partial charge in [0.25, 0.3) is 0 Å². The highest BCUT2D eigenvalue weighted by Gasteiger charge is 2.22. The van der Waals surface area contributed by atoms with Gasteiger partial charge in [0.15, 0.2) is 9.96 Å². The average molecular weight is 443 g/mol. The van der Waals surface area contributed by atoms with Crippen molar-refractivity contribution in [2.75, 3.05) is 6.61 Å². The van der Waals surface area contributed by atoms with E-state index in [-0.39, 0.29) is 5.97 Å². The minimum atomic E-state index is -0.632. The number of carbonyl (C=O) groups excluding carboxylic acids is 1. The highest BCUT2D eigenvalue weighted by molar-refractivity contribution is 9.11. The summed E-state index contributed by atoms with van der Waals surface area (Å²) in [5.74, 6) is -0.327. The number of rotatable bonds is 7. The van der Waals surface area contributed by atoms with Crippen molar-refractivity contribution < 1.29 is 9.53 Å². The zero-order valence-corrected chi connectivity index (χ0v) is 17.2. The van der Waals surface area contributed by atoms with Gasteiger partial charge in [-0.1, -0.05) is 60.7 Å². The molecule has 0 aliphatic carbocycles. The number of benzene rings is 2. The molecule has 0 aliphatic rings. The topological polar surface area (TPSA) is 51.5 Å². The van der Waals surface area contributed by atoms with Crippen LogP contribution in [-0.4, -0.2) is 29.3 Å². The second-order valence-electron chi connectivity index (χ2n) is 5.76. The molecule has 0 radical (unpaired) electrons. The molecule has 0 bridgehead atoms. The van der Waals surface area contributed by atoms with Crippen LogP contribution in [0.25, 0.3) is 0 Å². The van der Waals surface area contributed by atoms with E-state index in [9.17, 15) is 4.79 Å². The van der Waals surface area contributed by atoms with Crippen LogP contribution >= 0.6 is 27.3 Å². The van der Waals surface area contributed by atoms with Gasteiger partial charge in [0.1, 0.15) is 0 Å². The van der Waals surface area contributed by atoms with E-state index in [1.807, 2.05) is 60.7 Å². The number of ether oxygens (including phenoxy) is 1. The molecule has 0 fully saturated rings. The molecule has 1 heterocycles. The zero-order chi connectivity index (χ0) is 19.1. The van der Waals surface area contributed by atoms with Crippen LogP contribution in [0.2, 0.25) is 0 Å². The number of nitrogens with zero attached hydrogens (tertiary/aromatic N) is 2. The van der Waals surface area contributed by atoms with Crippen molar-refractivity contribution in [2.24, 2.45) is 4.99 Å². The number of carbonyl (C=O) groups is 1. The van der Waals surface area contributed by atoms with Gasteiger partial charge in [0.05, 0.1) is 12.3 Å². The molecule has 2 aromatic carbocycles. The molecular weight excluding hydrogens is 424 g/mol. The molecular formula is C21H19BrN2O2S. The molecule has 6 heteroatoms. The third-order valence-corrected chi connectivity index (χ3v) is 5.36. The van der Waals surface area contributed by atoms with Gasteiger partial charge in [-0.25, -0.2) is 9.78 Å². The van der Waals surface area contributed by atoms with Crippen molar-refractivity contribution in [2.45, 2.75) is 19.4 Å². The number of esters is 1. The number of aromatic nitrogens is 1. The van der Waals surface area contributed by atoms with E-state index in [1.54, 1.807) is 13.1 Å². The Balaban J connectivity index is 2.03. The quantitative estimate of drug-likeness (QED) is 0.385. The summed E-state index contributed by atoms with van der Waals surface area (Å²) in [4.78, 5) is 22.6. The molecule has 138 valence electrons. The average Bonchev–Trinajstić information content (AvgIpc) is 3.11. The summed E-state index contributed by atoms with van der Waals surface area (Å²) in [6, 6.07) is 19.1. The van der Waals surface area contributed by atoms with E-state index in [1.165, 1.54) is 11.3 Å². The Bertz CT molecular complexity index is 869. The highest BCUT2D eigenvalue weighted by Crippen LogP contribution is 2.22. The van der Waals surface area contributed by atoms with E-state index in [0.717, 1.165) is 25.6 Å². The molecule has 4 nitrogen and oxygen atoms in total. The molecule has 3 rings (SSSR count). The van der Waals surface area contributed by atoms with E-state index >= 15 is 0 Å². The van der Waals surface area contributed by atoms with Crippen molar-refractivity contribution in [1.82, 2.24) is 4.98 Å². The van der Waals surface area contributed by atoms with Crippen molar-refractivity contribution in [1.29, 1.82) is 0 Å². The van der Waals surface area contributed by atoms with Crippen LogP contribution in [0.1, 0.15) is 22.9 Å². The predicted octanol–water partition coefficient (Wildman–Crippen LogP) is 4.92. The van der Waals surface area contributed by atoms with Gasteiger partial charge >= 0.3 is 5.97 Å². The summed E-state index contributed by atoms with van der Waals surface area (Å²) in [6.07, 6.45) is 2.21. The molecule has 1 atom stereocenters. The largest absolute Gasteiger partial charge is 0.464 e. The third kappa shape index (κ3) is 5.34. The molecule has 1 aromatic heterocycles.